The molecule has 2 fully saturated rings. The molecule has 110 valence electrons. The fourth-order valence-corrected chi connectivity index (χ4v) is 2.79. The van der Waals surface area contributed by atoms with Gasteiger partial charge in [-0.15, -0.1) is 0 Å². The molecule has 2 N–H and O–H groups in total. The first-order valence-electron chi connectivity index (χ1n) is 7.16. The lowest BCUT2D eigenvalue weighted by Crippen LogP contribution is -2.43. The number of piperidine rings is 1. The highest BCUT2D eigenvalue weighted by molar-refractivity contribution is 5.77. The van der Waals surface area contributed by atoms with Crippen molar-refractivity contribution in [3.05, 3.63) is 0 Å². The molecule has 5 nitrogen and oxygen atoms in total. The molecule has 2 heterocycles. The number of carbonyl (C=O) groups excluding carboxylic acids is 1. The van der Waals surface area contributed by atoms with Crippen molar-refractivity contribution in [3.63, 3.8) is 0 Å². The van der Waals surface area contributed by atoms with Gasteiger partial charge in [0.25, 0.3) is 0 Å². The molecule has 5 heteroatoms. The van der Waals surface area contributed by atoms with Crippen LogP contribution in [0.2, 0.25) is 0 Å². The number of hydrogen-bond donors (Lipinski definition) is 2. The predicted octanol–water partition coefficient (Wildman–Crippen LogP) is 0.829. The zero-order valence-electron chi connectivity index (χ0n) is 12.3. The van der Waals surface area contributed by atoms with Crippen molar-refractivity contribution in [1.82, 2.24) is 10.6 Å². The summed E-state index contributed by atoms with van der Waals surface area (Å²) in [6, 6.07) is 0. The van der Waals surface area contributed by atoms with E-state index >= 15 is 0 Å². The zero-order valence-corrected chi connectivity index (χ0v) is 12.3. The Hall–Kier alpha value is -0.650. The van der Waals surface area contributed by atoms with Crippen LogP contribution in [0, 0.1) is 0 Å². The van der Waals surface area contributed by atoms with E-state index in [1.807, 2.05) is 20.8 Å². The summed E-state index contributed by atoms with van der Waals surface area (Å²) in [5, 5.41) is 6.24. The third kappa shape index (κ3) is 4.44. The third-order valence-electron chi connectivity index (χ3n) is 3.65. The van der Waals surface area contributed by atoms with Crippen molar-refractivity contribution < 1.29 is 14.3 Å². The van der Waals surface area contributed by atoms with Gasteiger partial charge in [-0.25, -0.2) is 0 Å². The summed E-state index contributed by atoms with van der Waals surface area (Å²) in [6.07, 6.45) is 3.06. The van der Waals surface area contributed by atoms with Gasteiger partial charge in [0, 0.05) is 12.0 Å². The summed E-state index contributed by atoms with van der Waals surface area (Å²) >= 11 is 0. The van der Waals surface area contributed by atoms with Crippen LogP contribution in [0.1, 0.15) is 40.0 Å². The highest BCUT2D eigenvalue weighted by Gasteiger charge is 2.41. The number of nitrogens with one attached hydrogen (secondary N) is 2. The van der Waals surface area contributed by atoms with Crippen LogP contribution >= 0.6 is 0 Å². The molecule has 1 amide bonds. The van der Waals surface area contributed by atoms with E-state index in [0.717, 1.165) is 32.4 Å². The Balaban J connectivity index is 1.72. The smallest absolute Gasteiger partial charge is 0.246 e. The minimum Gasteiger partial charge on any atom is -0.372 e. The maximum absolute atomic E-state index is 11.7. The van der Waals surface area contributed by atoms with Gasteiger partial charge in [0.15, 0.2) is 0 Å². The molecular weight excluding hydrogens is 244 g/mol. The van der Waals surface area contributed by atoms with Gasteiger partial charge in [0.2, 0.25) is 5.91 Å². The molecule has 0 aromatic rings. The second-order valence-electron chi connectivity index (χ2n) is 6.68. The Kier molecular flexibility index (Phi) is 4.48. The Morgan fingerprint density at radius 3 is 2.74 bits per heavy atom. The maximum Gasteiger partial charge on any atom is 0.246 e. The molecule has 0 aromatic heterocycles. The van der Waals surface area contributed by atoms with Crippen molar-refractivity contribution in [2.45, 2.75) is 57.3 Å². The van der Waals surface area contributed by atoms with Gasteiger partial charge in [0.05, 0.1) is 18.3 Å². The summed E-state index contributed by atoms with van der Waals surface area (Å²) in [5.41, 5.74) is -0.209. The molecule has 19 heavy (non-hydrogen) atoms. The van der Waals surface area contributed by atoms with Gasteiger partial charge >= 0.3 is 0 Å². The Labute approximate surface area is 115 Å². The van der Waals surface area contributed by atoms with Crippen molar-refractivity contribution in [1.29, 1.82) is 0 Å². The highest BCUT2D eigenvalue weighted by Crippen LogP contribution is 2.35. The van der Waals surface area contributed by atoms with Crippen molar-refractivity contribution >= 4 is 5.91 Å². The molecule has 1 atom stereocenters. The summed E-state index contributed by atoms with van der Waals surface area (Å²) < 4.78 is 11.6. The second kappa shape index (κ2) is 5.77. The number of amides is 1. The fourth-order valence-electron chi connectivity index (χ4n) is 2.79. The van der Waals surface area contributed by atoms with Gasteiger partial charge in [-0.3, -0.25) is 4.79 Å². The standard InChI is InChI=1S/C14H26N2O3/c1-13(2,3)16-12(17)10-18-11-8-14(19-9-11)4-6-15-7-5-14/h11,15H,4-10H2,1-3H3,(H,16,17). The molecule has 0 aromatic carbocycles. The van der Waals surface area contributed by atoms with E-state index in [2.05, 4.69) is 10.6 Å². The topological polar surface area (TPSA) is 59.6 Å². The highest BCUT2D eigenvalue weighted by atomic mass is 16.6. The molecule has 0 aliphatic carbocycles. The minimum atomic E-state index is -0.205. The molecule has 1 spiro atoms. The van der Waals surface area contributed by atoms with E-state index in [-0.39, 0.29) is 29.8 Å². The van der Waals surface area contributed by atoms with Crippen LogP contribution in [0.25, 0.3) is 0 Å². The van der Waals surface area contributed by atoms with E-state index in [1.54, 1.807) is 0 Å². The quantitative estimate of drug-likeness (QED) is 0.797. The number of hydrogen-bond acceptors (Lipinski definition) is 4. The normalized spacial score (nSPS) is 26.6. The molecule has 0 radical (unpaired) electrons. The van der Waals surface area contributed by atoms with Gasteiger partial charge in [-0.2, -0.15) is 0 Å². The zero-order chi connectivity index (χ0) is 13.9. The maximum atomic E-state index is 11.7. The Bertz CT molecular complexity index is 319. The van der Waals surface area contributed by atoms with Gasteiger partial charge in [-0.1, -0.05) is 0 Å². The molecule has 0 saturated carbocycles. The summed E-state index contributed by atoms with van der Waals surface area (Å²) in [4.78, 5) is 11.7. The number of carbonyl (C=O) groups is 1. The van der Waals surface area contributed by atoms with Crippen LogP contribution in [0.5, 0.6) is 0 Å². The Morgan fingerprint density at radius 1 is 1.42 bits per heavy atom. The van der Waals surface area contributed by atoms with E-state index in [9.17, 15) is 4.79 Å². The fraction of sp³-hybridized carbons (Fsp3) is 0.929. The van der Waals surface area contributed by atoms with Crippen molar-refractivity contribution in [2.75, 3.05) is 26.3 Å². The predicted molar refractivity (Wildman–Crippen MR) is 73.0 cm³/mol. The third-order valence-corrected chi connectivity index (χ3v) is 3.65. The molecule has 2 aliphatic heterocycles. The molecule has 0 bridgehead atoms. The summed E-state index contributed by atoms with van der Waals surface area (Å²) in [6.45, 7) is 8.66. The largest absolute Gasteiger partial charge is 0.372 e. The van der Waals surface area contributed by atoms with E-state index in [0.29, 0.717) is 6.61 Å². The van der Waals surface area contributed by atoms with Gasteiger partial charge in [-0.05, 0) is 46.7 Å². The van der Waals surface area contributed by atoms with E-state index < -0.39 is 0 Å². The molecular formula is C14H26N2O3. The average molecular weight is 270 g/mol. The lowest BCUT2D eigenvalue weighted by molar-refractivity contribution is -0.129. The first-order chi connectivity index (χ1) is 8.89. The average Bonchev–Trinajstić information content (AvgIpc) is 2.69. The van der Waals surface area contributed by atoms with Crippen LogP contribution in [0.3, 0.4) is 0 Å². The summed E-state index contributed by atoms with van der Waals surface area (Å²) in [7, 11) is 0. The molecule has 1 unspecified atom stereocenters. The minimum absolute atomic E-state index is 0.00355. The lowest BCUT2D eigenvalue weighted by atomic mass is 9.89. The van der Waals surface area contributed by atoms with Crippen LogP contribution in [0.4, 0.5) is 0 Å². The first kappa shape index (κ1) is 14.8. The van der Waals surface area contributed by atoms with E-state index in [4.69, 9.17) is 9.47 Å². The van der Waals surface area contributed by atoms with Crippen LogP contribution in [0.15, 0.2) is 0 Å². The molecule has 2 aliphatic rings. The first-order valence-corrected chi connectivity index (χ1v) is 7.16. The number of ether oxygens (including phenoxy) is 2. The molecule has 2 saturated heterocycles. The lowest BCUT2D eigenvalue weighted by Gasteiger charge is -2.32. The Morgan fingerprint density at radius 2 is 2.11 bits per heavy atom. The van der Waals surface area contributed by atoms with Crippen molar-refractivity contribution in [3.8, 4) is 0 Å². The summed E-state index contributed by atoms with van der Waals surface area (Å²) in [5.74, 6) is -0.0567. The SMILES string of the molecule is CC(C)(C)NC(=O)COC1COC2(CCNCC2)C1. The van der Waals surface area contributed by atoms with Crippen LogP contribution < -0.4 is 10.6 Å². The monoisotopic (exact) mass is 270 g/mol. The van der Waals surface area contributed by atoms with Crippen molar-refractivity contribution in [2.24, 2.45) is 0 Å². The molecule has 2 rings (SSSR count). The van der Waals surface area contributed by atoms with Crippen LogP contribution in [-0.2, 0) is 14.3 Å². The number of rotatable bonds is 3. The van der Waals surface area contributed by atoms with E-state index in [1.165, 1.54) is 0 Å². The van der Waals surface area contributed by atoms with Crippen LogP contribution in [-0.4, -0.2) is 49.5 Å². The second-order valence-corrected chi connectivity index (χ2v) is 6.68. The van der Waals surface area contributed by atoms with Gasteiger partial charge in [0.1, 0.15) is 6.61 Å². The van der Waals surface area contributed by atoms with Gasteiger partial charge < -0.3 is 20.1 Å².